The molecule has 0 amide bonds. The molecule has 2 aliphatic carbocycles. The van der Waals surface area contributed by atoms with E-state index in [2.05, 4.69) is 25.5 Å². The first-order valence-corrected chi connectivity index (χ1v) is 19.6. The summed E-state index contributed by atoms with van der Waals surface area (Å²) in [5.41, 5.74) is 2.02. The molecular weight excluding hydrogens is 689 g/mol. The third-order valence-corrected chi connectivity index (χ3v) is 13.3. The number of H-pyrrole nitrogens is 1. The van der Waals surface area contributed by atoms with Crippen LogP contribution in [0.5, 0.6) is 5.75 Å². The predicted octanol–water partition coefficient (Wildman–Crippen LogP) is 5.86. The molecule has 6 N–H and O–H groups in total. The summed E-state index contributed by atoms with van der Waals surface area (Å²) in [7, 11) is 2.00. The fourth-order valence-electron chi connectivity index (χ4n) is 8.65. The number of aliphatic hydroxyl groups excluding tert-OH is 1. The van der Waals surface area contributed by atoms with Crippen LogP contribution in [-0.4, -0.2) is 66.5 Å². The van der Waals surface area contributed by atoms with Crippen molar-refractivity contribution >= 4 is 55.6 Å². The number of aromatic hydroxyl groups is 1. The summed E-state index contributed by atoms with van der Waals surface area (Å²) in [6.07, 6.45) is 8.80. The van der Waals surface area contributed by atoms with Crippen molar-refractivity contribution in [3.8, 4) is 5.75 Å². The molecule has 0 aliphatic heterocycles. The monoisotopic (exact) mass is 734 g/mol. The van der Waals surface area contributed by atoms with Crippen LogP contribution in [0.4, 0.5) is 5.69 Å². The van der Waals surface area contributed by atoms with Gasteiger partial charge in [-0.2, -0.15) is 0 Å². The number of rotatable bonds is 14. The molecule has 5 aromatic rings. The SMILES string of the molecule is CN(CCCn1nnc2cc(CNC[C@H](O)c3ccc(O)c4[nH]c(=O)sc34)ccc21)c1csc([C@@](O)(C(=O)O)C2(C3CCCCC3)CCCC2)c1. The molecule has 14 heteroatoms. The number of phenolic OH excluding ortho intramolecular Hbond substituents is 1. The Morgan fingerprint density at radius 3 is 2.71 bits per heavy atom. The van der Waals surface area contributed by atoms with Gasteiger partial charge in [0.1, 0.15) is 16.8 Å². The smallest absolute Gasteiger partial charge is 0.341 e. The number of aliphatic hydroxyl groups is 2. The highest BCUT2D eigenvalue weighted by Gasteiger charge is 2.61. The van der Waals surface area contributed by atoms with Crippen LogP contribution in [0, 0.1) is 11.3 Å². The number of aliphatic carboxylic acids is 1. The van der Waals surface area contributed by atoms with Crippen LogP contribution in [0.3, 0.4) is 0 Å². The number of hydrogen-bond acceptors (Lipinski definition) is 11. The van der Waals surface area contributed by atoms with Crippen molar-refractivity contribution in [2.24, 2.45) is 11.3 Å². The van der Waals surface area contributed by atoms with E-state index in [1.165, 1.54) is 23.8 Å². The van der Waals surface area contributed by atoms with Crippen molar-refractivity contribution in [3.63, 3.8) is 0 Å². The van der Waals surface area contributed by atoms with Gasteiger partial charge in [-0.3, -0.25) is 4.79 Å². The van der Waals surface area contributed by atoms with E-state index in [1.807, 2.05) is 41.4 Å². The molecule has 0 bridgehead atoms. The van der Waals surface area contributed by atoms with E-state index < -0.39 is 23.1 Å². The van der Waals surface area contributed by atoms with Crippen LogP contribution in [-0.2, 0) is 23.5 Å². The number of nitrogens with zero attached hydrogens (tertiary/aromatic N) is 4. The lowest BCUT2D eigenvalue weighted by Gasteiger charge is -2.48. The maximum atomic E-state index is 12.9. The highest BCUT2D eigenvalue weighted by atomic mass is 32.1. The van der Waals surface area contributed by atoms with Crippen LogP contribution in [0.15, 0.2) is 46.6 Å². The number of nitrogens with one attached hydrogen (secondary N) is 2. The van der Waals surface area contributed by atoms with Gasteiger partial charge in [-0.15, -0.1) is 16.4 Å². The summed E-state index contributed by atoms with van der Waals surface area (Å²) in [6, 6.07) is 11.0. The number of carboxylic acid groups (broad SMARTS) is 1. The van der Waals surface area contributed by atoms with Crippen LogP contribution in [0.1, 0.15) is 86.3 Å². The van der Waals surface area contributed by atoms with Gasteiger partial charge in [0, 0.05) is 55.3 Å². The van der Waals surface area contributed by atoms with E-state index >= 15 is 0 Å². The topological polar surface area (TPSA) is 177 Å². The molecule has 272 valence electrons. The second-order valence-electron chi connectivity index (χ2n) is 14.3. The fourth-order valence-corrected chi connectivity index (χ4v) is 10.7. The summed E-state index contributed by atoms with van der Waals surface area (Å²) in [5.74, 6) is -0.905. The third-order valence-electron chi connectivity index (χ3n) is 11.4. The van der Waals surface area contributed by atoms with E-state index in [0.29, 0.717) is 40.3 Å². The zero-order valence-corrected chi connectivity index (χ0v) is 30.4. The Kier molecular flexibility index (Phi) is 10.2. The van der Waals surface area contributed by atoms with Gasteiger partial charge in [-0.05, 0) is 67.9 Å². The van der Waals surface area contributed by atoms with E-state index in [4.69, 9.17) is 0 Å². The molecule has 0 unspecified atom stereocenters. The molecule has 2 fully saturated rings. The summed E-state index contributed by atoms with van der Waals surface area (Å²) in [5, 5.41) is 57.6. The zero-order valence-electron chi connectivity index (χ0n) is 28.8. The summed E-state index contributed by atoms with van der Waals surface area (Å²) >= 11 is 2.33. The Hall–Kier alpha value is -3.82. The lowest BCUT2D eigenvalue weighted by molar-refractivity contribution is -0.187. The van der Waals surface area contributed by atoms with Gasteiger partial charge >= 0.3 is 10.8 Å². The molecule has 3 heterocycles. The van der Waals surface area contributed by atoms with Gasteiger partial charge in [0.25, 0.3) is 0 Å². The number of anilines is 1. The number of aromatic amines is 1. The van der Waals surface area contributed by atoms with E-state index in [1.54, 1.807) is 6.07 Å². The van der Waals surface area contributed by atoms with Gasteiger partial charge in [-0.1, -0.05) is 60.8 Å². The predicted molar refractivity (Wildman–Crippen MR) is 200 cm³/mol. The first-order chi connectivity index (χ1) is 24.6. The van der Waals surface area contributed by atoms with Crippen LogP contribution < -0.4 is 15.1 Å². The summed E-state index contributed by atoms with van der Waals surface area (Å²) in [6.45, 7) is 2.12. The standard InChI is InChI=1S/C37H46N6O6S2/c1-42(25-19-31(50-22-25)37(49,34(46)47)36(14-5-6-15-36)24-8-3-2-4-9-24)16-7-17-43-28-12-10-23(18-27(28)40-41-43)20-38-21-30(45)26-11-13-29(44)32-33(26)51-35(48)39-32/h10-13,18-19,22,24,30,38,44-45,49H,2-9,14-17,20-21H2,1H3,(H,39,48)(H,46,47)/t30-,37+/m0/s1. The second kappa shape index (κ2) is 14.7. The quantitative estimate of drug-likeness (QED) is 0.0810. The molecule has 12 nitrogen and oxygen atoms in total. The van der Waals surface area contributed by atoms with Gasteiger partial charge in [0.05, 0.1) is 21.2 Å². The number of aromatic nitrogens is 4. The molecule has 2 saturated carbocycles. The van der Waals surface area contributed by atoms with E-state index in [-0.39, 0.29) is 23.1 Å². The second-order valence-corrected chi connectivity index (χ2v) is 16.2. The number of thiophene rings is 1. The number of hydrogen-bond donors (Lipinski definition) is 6. The van der Waals surface area contributed by atoms with Crippen molar-refractivity contribution < 1.29 is 25.2 Å². The molecule has 7 rings (SSSR count). The maximum Gasteiger partial charge on any atom is 0.341 e. The molecule has 51 heavy (non-hydrogen) atoms. The molecule has 0 radical (unpaired) electrons. The maximum absolute atomic E-state index is 12.9. The first-order valence-electron chi connectivity index (χ1n) is 17.9. The van der Waals surface area contributed by atoms with Crippen molar-refractivity contribution in [2.75, 3.05) is 25.0 Å². The van der Waals surface area contributed by atoms with Gasteiger partial charge < -0.3 is 35.6 Å². The fraction of sp³-hybridized carbons (Fsp3) is 0.514. The number of benzene rings is 2. The van der Waals surface area contributed by atoms with Crippen LogP contribution in [0.25, 0.3) is 21.3 Å². The normalized spacial score (nSPS) is 18.3. The van der Waals surface area contributed by atoms with Gasteiger partial charge in [-0.25, -0.2) is 9.48 Å². The largest absolute Gasteiger partial charge is 0.506 e. The number of thiazole rings is 1. The van der Waals surface area contributed by atoms with Gasteiger partial charge in [0.2, 0.25) is 5.60 Å². The van der Waals surface area contributed by atoms with E-state index in [0.717, 1.165) is 91.4 Å². The zero-order chi connectivity index (χ0) is 35.8. The molecule has 2 atom stereocenters. The minimum absolute atomic E-state index is 0.0232. The molecule has 0 spiro atoms. The first kappa shape index (κ1) is 35.6. The van der Waals surface area contributed by atoms with Crippen LogP contribution in [0.2, 0.25) is 0 Å². The average molecular weight is 735 g/mol. The number of carboxylic acids is 1. The Balaban J connectivity index is 0.950. The van der Waals surface area contributed by atoms with Crippen molar-refractivity contribution in [1.82, 2.24) is 25.3 Å². The number of aryl methyl sites for hydroxylation is 1. The minimum Gasteiger partial charge on any atom is -0.506 e. The van der Waals surface area contributed by atoms with Crippen LogP contribution >= 0.6 is 22.7 Å². The third kappa shape index (κ3) is 6.68. The lowest BCUT2D eigenvalue weighted by Crippen LogP contribution is -2.54. The molecular formula is C37H46N6O6S2. The lowest BCUT2D eigenvalue weighted by atomic mass is 9.58. The Morgan fingerprint density at radius 2 is 1.94 bits per heavy atom. The number of carbonyl (C=O) groups is 1. The van der Waals surface area contributed by atoms with Gasteiger partial charge in [0.15, 0.2) is 0 Å². The molecule has 2 aliphatic rings. The Bertz CT molecular complexity index is 2060. The molecule has 0 saturated heterocycles. The molecule has 2 aromatic carbocycles. The van der Waals surface area contributed by atoms with Crippen molar-refractivity contribution in [3.05, 3.63) is 67.4 Å². The number of fused-ring (bicyclic) bond motifs is 2. The number of phenols is 1. The Labute approximate surface area is 303 Å². The van der Waals surface area contributed by atoms with Crippen molar-refractivity contribution in [2.45, 2.75) is 89.0 Å². The summed E-state index contributed by atoms with van der Waals surface area (Å²) < 4.78 is 2.43. The highest BCUT2D eigenvalue weighted by Crippen LogP contribution is 2.60. The minimum atomic E-state index is -1.88. The van der Waals surface area contributed by atoms with Crippen molar-refractivity contribution in [1.29, 1.82) is 0 Å². The summed E-state index contributed by atoms with van der Waals surface area (Å²) in [4.78, 5) is 29.8. The molecule has 3 aromatic heterocycles. The van der Waals surface area contributed by atoms with E-state index in [9.17, 15) is 30.0 Å². The average Bonchev–Trinajstić information content (AvgIpc) is 3.95. The highest BCUT2D eigenvalue weighted by molar-refractivity contribution is 7.16. The Morgan fingerprint density at radius 1 is 1.16 bits per heavy atom.